The topological polar surface area (TPSA) is 50.4 Å². The molecule has 1 rings (SSSR count). The van der Waals surface area contributed by atoms with Gasteiger partial charge in [0.1, 0.15) is 0 Å². The van der Waals surface area contributed by atoms with Crippen LogP contribution in [0.15, 0.2) is 0 Å². The summed E-state index contributed by atoms with van der Waals surface area (Å²) < 4.78 is 5.37. The maximum Gasteiger partial charge on any atom is 0.237 e. The minimum absolute atomic E-state index is 0.00340. The Hall–Kier alpha value is -0.610. The van der Waals surface area contributed by atoms with Gasteiger partial charge < -0.3 is 15.4 Å². The molecule has 0 radical (unpaired) electrons. The highest BCUT2D eigenvalue weighted by Crippen LogP contribution is 2.08. The number of amides is 1. The summed E-state index contributed by atoms with van der Waals surface area (Å²) in [7, 11) is 0. The summed E-state index contributed by atoms with van der Waals surface area (Å²) in [5.74, 6) is 0.119. The predicted molar refractivity (Wildman–Crippen MR) is 64.4 cm³/mol. The second-order valence-corrected chi connectivity index (χ2v) is 4.37. The first-order valence-corrected chi connectivity index (χ1v) is 6.36. The molecule has 0 saturated carbocycles. The zero-order chi connectivity index (χ0) is 11.8. The second kappa shape index (κ2) is 7.63. The van der Waals surface area contributed by atoms with Gasteiger partial charge in [0.25, 0.3) is 0 Å². The number of hydrogen-bond acceptors (Lipinski definition) is 3. The Labute approximate surface area is 98.1 Å². The van der Waals surface area contributed by atoms with Crippen molar-refractivity contribution in [3.05, 3.63) is 0 Å². The lowest BCUT2D eigenvalue weighted by molar-refractivity contribution is -0.123. The van der Waals surface area contributed by atoms with Gasteiger partial charge in [0.05, 0.1) is 12.1 Å². The van der Waals surface area contributed by atoms with Crippen LogP contribution in [-0.2, 0) is 9.53 Å². The van der Waals surface area contributed by atoms with Crippen molar-refractivity contribution < 1.29 is 9.53 Å². The summed E-state index contributed by atoms with van der Waals surface area (Å²) in [5.41, 5.74) is 0. The van der Waals surface area contributed by atoms with E-state index in [1.165, 1.54) is 12.8 Å². The maximum atomic E-state index is 11.8. The quantitative estimate of drug-likeness (QED) is 0.740. The van der Waals surface area contributed by atoms with E-state index >= 15 is 0 Å². The van der Waals surface area contributed by atoms with E-state index in [1.807, 2.05) is 13.8 Å². The van der Waals surface area contributed by atoms with Crippen molar-refractivity contribution in [1.82, 2.24) is 10.6 Å². The Morgan fingerprint density at radius 2 is 2.31 bits per heavy atom. The van der Waals surface area contributed by atoms with E-state index in [1.54, 1.807) is 0 Å². The zero-order valence-electron chi connectivity index (χ0n) is 10.4. The van der Waals surface area contributed by atoms with Crippen molar-refractivity contribution in [1.29, 1.82) is 0 Å². The van der Waals surface area contributed by atoms with Crippen LogP contribution in [0, 0.1) is 0 Å². The van der Waals surface area contributed by atoms with E-state index in [0.29, 0.717) is 13.2 Å². The molecule has 1 fully saturated rings. The van der Waals surface area contributed by atoms with Crippen LogP contribution in [0.5, 0.6) is 0 Å². The summed E-state index contributed by atoms with van der Waals surface area (Å²) in [6.45, 7) is 6.19. The fourth-order valence-corrected chi connectivity index (χ4v) is 1.96. The lowest BCUT2D eigenvalue weighted by atomic mass is 10.1. The van der Waals surface area contributed by atoms with Crippen molar-refractivity contribution in [3.8, 4) is 0 Å². The van der Waals surface area contributed by atoms with Crippen molar-refractivity contribution in [2.75, 3.05) is 19.7 Å². The lowest BCUT2D eigenvalue weighted by Crippen LogP contribution is -2.45. The number of hydrogen-bond donors (Lipinski definition) is 2. The fraction of sp³-hybridized carbons (Fsp3) is 0.917. The highest BCUT2D eigenvalue weighted by atomic mass is 16.5. The van der Waals surface area contributed by atoms with E-state index < -0.39 is 0 Å². The molecule has 2 atom stereocenters. The summed E-state index contributed by atoms with van der Waals surface area (Å²) in [5, 5.41) is 6.22. The van der Waals surface area contributed by atoms with Crippen LogP contribution in [0.3, 0.4) is 0 Å². The number of rotatable bonds is 5. The van der Waals surface area contributed by atoms with Crippen LogP contribution in [-0.4, -0.2) is 37.7 Å². The van der Waals surface area contributed by atoms with E-state index in [9.17, 15) is 4.79 Å². The van der Waals surface area contributed by atoms with Crippen LogP contribution in [0.1, 0.15) is 39.5 Å². The third-order valence-electron chi connectivity index (χ3n) is 2.89. The average Bonchev–Trinajstić information content (AvgIpc) is 2.55. The van der Waals surface area contributed by atoms with Crippen molar-refractivity contribution in [2.45, 2.75) is 51.7 Å². The van der Waals surface area contributed by atoms with Gasteiger partial charge in [-0.2, -0.15) is 0 Å². The monoisotopic (exact) mass is 228 g/mol. The van der Waals surface area contributed by atoms with Crippen LogP contribution in [0.4, 0.5) is 0 Å². The second-order valence-electron chi connectivity index (χ2n) is 4.37. The van der Waals surface area contributed by atoms with Gasteiger partial charge in [-0.1, -0.05) is 12.8 Å². The largest absolute Gasteiger partial charge is 0.377 e. The molecule has 0 spiro atoms. The van der Waals surface area contributed by atoms with E-state index in [2.05, 4.69) is 10.6 Å². The first-order chi connectivity index (χ1) is 7.74. The van der Waals surface area contributed by atoms with Crippen LogP contribution in [0.2, 0.25) is 0 Å². The highest BCUT2D eigenvalue weighted by molar-refractivity contribution is 5.81. The molecule has 1 heterocycles. The first kappa shape index (κ1) is 13.5. The van der Waals surface area contributed by atoms with E-state index in [0.717, 1.165) is 19.4 Å². The highest BCUT2D eigenvalue weighted by Gasteiger charge is 2.19. The Bertz CT molecular complexity index is 201. The standard InChI is InChI=1S/C12H24N2O2/c1-3-16-10(2)9-14-12(15)11-7-5-4-6-8-13-11/h10-11,13H,3-9H2,1-2H3,(H,14,15). The minimum atomic E-state index is -0.00340. The van der Waals surface area contributed by atoms with Gasteiger partial charge in [-0.3, -0.25) is 4.79 Å². The molecule has 1 amide bonds. The maximum absolute atomic E-state index is 11.8. The molecule has 2 unspecified atom stereocenters. The van der Waals surface area contributed by atoms with Crippen molar-refractivity contribution in [3.63, 3.8) is 0 Å². The molecule has 0 aliphatic carbocycles. The number of carbonyl (C=O) groups excluding carboxylic acids is 1. The van der Waals surface area contributed by atoms with E-state index in [4.69, 9.17) is 4.74 Å². The van der Waals surface area contributed by atoms with Gasteiger partial charge in [0.2, 0.25) is 5.91 Å². The summed E-state index contributed by atoms with van der Waals surface area (Å²) in [6.07, 6.45) is 4.60. The van der Waals surface area contributed by atoms with Gasteiger partial charge in [-0.05, 0) is 33.2 Å². The Kier molecular flexibility index (Phi) is 6.42. The van der Waals surface area contributed by atoms with Gasteiger partial charge in [0, 0.05) is 13.2 Å². The molecule has 4 nitrogen and oxygen atoms in total. The minimum Gasteiger partial charge on any atom is -0.377 e. The Morgan fingerprint density at radius 1 is 1.50 bits per heavy atom. The van der Waals surface area contributed by atoms with Crippen molar-refractivity contribution >= 4 is 5.91 Å². The van der Waals surface area contributed by atoms with Gasteiger partial charge in [0.15, 0.2) is 0 Å². The molecule has 0 bridgehead atoms. The molecule has 4 heteroatoms. The van der Waals surface area contributed by atoms with Gasteiger partial charge in [-0.25, -0.2) is 0 Å². The third-order valence-corrected chi connectivity index (χ3v) is 2.89. The molecule has 1 aliphatic heterocycles. The Balaban J connectivity index is 2.22. The van der Waals surface area contributed by atoms with Gasteiger partial charge >= 0.3 is 0 Å². The third kappa shape index (κ3) is 4.94. The molecule has 94 valence electrons. The van der Waals surface area contributed by atoms with Crippen LogP contribution < -0.4 is 10.6 Å². The Morgan fingerprint density at radius 3 is 3.06 bits per heavy atom. The average molecular weight is 228 g/mol. The van der Waals surface area contributed by atoms with Crippen molar-refractivity contribution in [2.24, 2.45) is 0 Å². The van der Waals surface area contributed by atoms with Crippen LogP contribution in [0.25, 0.3) is 0 Å². The normalized spacial score (nSPS) is 23.5. The molecule has 0 aromatic heterocycles. The summed E-state index contributed by atoms with van der Waals surface area (Å²) >= 11 is 0. The fourth-order valence-electron chi connectivity index (χ4n) is 1.96. The predicted octanol–water partition coefficient (Wildman–Crippen LogP) is 1.06. The zero-order valence-corrected chi connectivity index (χ0v) is 10.4. The molecule has 2 N–H and O–H groups in total. The molecule has 1 saturated heterocycles. The molecule has 1 aliphatic rings. The molecular weight excluding hydrogens is 204 g/mol. The first-order valence-electron chi connectivity index (χ1n) is 6.36. The molecule has 16 heavy (non-hydrogen) atoms. The lowest BCUT2D eigenvalue weighted by Gasteiger charge is -2.18. The van der Waals surface area contributed by atoms with Crippen LogP contribution >= 0.6 is 0 Å². The molecular formula is C12H24N2O2. The molecule has 0 aromatic rings. The number of carbonyl (C=O) groups is 1. The number of ether oxygens (including phenoxy) is 1. The molecule has 0 aromatic carbocycles. The van der Waals surface area contributed by atoms with Gasteiger partial charge in [-0.15, -0.1) is 0 Å². The SMILES string of the molecule is CCOC(C)CNC(=O)C1CCCCCN1. The summed E-state index contributed by atoms with van der Waals surface area (Å²) in [6, 6.07) is -0.00340. The summed E-state index contributed by atoms with van der Waals surface area (Å²) in [4.78, 5) is 11.8. The number of nitrogens with one attached hydrogen (secondary N) is 2. The van der Waals surface area contributed by atoms with E-state index in [-0.39, 0.29) is 18.1 Å². The smallest absolute Gasteiger partial charge is 0.237 e.